The van der Waals surface area contributed by atoms with Gasteiger partial charge in [0.1, 0.15) is 12.3 Å². The topological polar surface area (TPSA) is 107 Å². The third-order valence-corrected chi connectivity index (χ3v) is 7.69. The number of nitrogens with zero attached hydrogens (tertiary/aromatic N) is 2. The summed E-state index contributed by atoms with van der Waals surface area (Å²) in [6.45, 7) is 1.78. The SMILES string of the molecule is CCOc1ccccc1N(CC(=O)N/N=C\c1ccc2c(c1)OCO2)S(=O)(=O)c1ccc(SC)cc1. The van der Waals surface area contributed by atoms with Crippen LogP contribution in [0.3, 0.4) is 0 Å². The second-order valence-electron chi connectivity index (χ2n) is 7.49. The minimum atomic E-state index is -4.10. The third-order valence-electron chi connectivity index (χ3n) is 5.17. The fourth-order valence-electron chi connectivity index (χ4n) is 3.45. The average molecular weight is 528 g/mol. The highest BCUT2D eigenvalue weighted by Crippen LogP contribution is 2.33. The summed E-state index contributed by atoms with van der Waals surface area (Å²) in [6.07, 6.45) is 3.34. The highest BCUT2D eigenvalue weighted by molar-refractivity contribution is 7.98. The van der Waals surface area contributed by atoms with Crippen molar-refractivity contribution in [3.8, 4) is 17.2 Å². The number of hydrogen-bond donors (Lipinski definition) is 1. The molecule has 1 heterocycles. The van der Waals surface area contributed by atoms with Crippen LogP contribution in [0, 0.1) is 0 Å². The van der Waals surface area contributed by atoms with Crippen LogP contribution in [-0.4, -0.2) is 46.7 Å². The molecule has 1 N–H and O–H groups in total. The quantitative estimate of drug-likeness (QED) is 0.242. The maximum absolute atomic E-state index is 13.6. The molecule has 0 unspecified atom stereocenters. The molecule has 0 radical (unpaired) electrons. The lowest BCUT2D eigenvalue weighted by molar-refractivity contribution is -0.119. The largest absolute Gasteiger partial charge is 0.492 e. The summed E-state index contributed by atoms with van der Waals surface area (Å²) in [5.74, 6) is 0.946. The van der Waals surface area contributed by atoms with E-state index in [0.717, 1.165) is 9.20 Å². The molecule has 188 valence electrons. The first kappa shape index (κ1) is 25.4. The second kappa shape index (κ2) is 11.4. The van der Waals surface area contributed by atoms with Gasteiger partial charge in [-0.25, -0.2) is 13.8 Å². The number of rotatable bonds is 10. The van der Waals surface area contributed by atoms with E-state index < -0.39 is 22.5 Å². The molecule has 0 atom stereocenters. The highest BCUT2D eigenvalue weighted by Gasteiger charge is 2.29. The minimum absolute atomic E-state index is 0.0586. The Balaban J connectivity index is 1.58. The monoisotopic (exact) mass is 527 g/mol. The molecule has 0 bridgehead atoms. The molecular weight excluding hydrogens is 502 g/mol. The molecule has 3 aromatic rings. The first-order valence-corrected chi connectivity index (χ1v) is 13.7. The Labute approximate surface area is 214 Å². The number of ether oxygens (including phenoxy) is 3. The smallest absolute Gasteiger partial charge is 0.264 e. The van der Waals surface area contributed by atoms with E-state index in [4.69, 9.17) is 14.2 Å². The van der Waals surface area contributed by atoms with Gasteiger partial charge in [0, 0.05) is 4.90 Å². The molecular formula is C25H25N3O6S2. The van der Waals surface area contributed by atoms with Crippen molar-refractivity contribution in [1.82, 2.24) is 5.43 Å². The van der Waals surface area contributed by atoms with Gasteiger partial charge in [-0.1, -0.05) is 12.1 Å². The van der Waals surface area contributed by atoms with Gasteiger partial charge in [-0.05, 0) is 73.3 Å². The zero-order valence-electron chi connectivity index (χ0n) is 19.7. The molecule has 0 saturated heterocycles. The summed E-state index contributed by atoms with van der Waals surface area (Å²) in [4.78, 5) is 13.8. The second-order valence-corrected chi connectivity index (χ2v) is 10.2. The molecule has 36 heavy (non-hydrogen) atoms. The van der Waals surface area contributed by atoms with E-state index in [1.807, 2.05) is 6.26 Å². The maximum Gasteiger partial charge on any atom is 0.264 e. The summed E-state index contributed by atoms with van der Waals surface area (Å²) in [5.41, 5.74) is 3.33. The molecule has 0 aromatic heterocycles. The Morgan fingerprint density at radius 1 is 1.11 bits per heavy atom. The Morgan fingerprint density at radius 2 is 1.86 bits per heavy atom. The van der Waals surface area contributed by atoms with Gasteiger partial charge < -0.3 is 14.2 Å². The summed E-state index contributed by atoms with van der Waals surface area (Å²) in [7, 11) is -4.10. The van der Waals surface area contributed by atoms with Gasteiger partial charge in [0.15, 0.2) is 11.5 Å². The molecule has 0 aliphatic carbocycles. The summed E-state index contributed by atoms with van der Waals surface area (Å²) in [5, 5.41) is 3.97. The summed E-state index contributed by atoms with van der Waals surface area (Å²) >= 11 is 1.50. The van der Waals surface area contributed by atoms with Crippen LogP contribution in [-0.2, 0) is 14.8 Å². The van der Waals surface area contributed by atoms with Crippen molar-refractivity contribution in [2.24, 2.45) is 5.10 Å². The fourth-order valence-corrected chi connectivity index (χ4v) is 5.29. The van der Waals surface area contributed by atoms with Crippen LogP contribution in [0.1, 0.15) is 12.5 Å². The average Bonchev–Trinajstić information content (AvgIpc) is 3.36. The fraction of sp³-hybridized carbons (Fsp3) is 0.200. The normalized spacial score (nSPS) is 12.5. The lowest BCUT2D eigenvalue weighted by Crippen LogP contribution is -2.39. The predicted octanol–water partition coefficient (Wildman–Crippen LogP) is 3.88. The third kappa shape index (κ3) is 5.74. The van der Waals surface area contributed by atoms with Crippen molar-refractivity contribution < 1.29 is 27.4 Å². The van der Waals surface area contributed by atoms with Crippen LogP contribution >= 0.6 is 11.8 Å². The lowest BCUT2D eigenvalue weighted by Gasteiger charge is -2.25. The van der Waals surface area contributed by atoms with Crippen LogP contribution in [0.25, 0.3) is 0 Å². The molecule has 3 aromatic carbocycles. The number of carbonyl (C=O) groups excluding carboxylic acids is 1. The van der Waals surface area contributed by atoms with Crippen molar-refractivity contribution in [1.29, 1.82) is 0 Å². The predicted molar refractivity (Wildman–Crippen MR) is 139 cm³/mol. The number of carbonyl (C=O) groups is 1. The number of amides is 1. The van der Waals surface area contributed by atoms with E-state index in [2.05, 4.69) is 10.5 Å². The van der Waals surface area contributed by atoms with Gasteiger partial charge in [-0.15, -0.1) is 11.8 Å². The van der Waals surface area contributed by atoms with E-state index >= 15 is 0 Å². The van der Waals surface area contributed by atoms with E-state index in [9.17, 15) is 13.2 Å². The van der Waals surface area contributed by atoms with Crippen molar-refractivity contribution in [3.05, 3.63) is 72.3 Å². The number of para-hydroxylation sites is 2. The number of hydrogen-bond acceptors (Lipinski definition) is 8. The molecule has 0 fully saturated rings. The van der Waals surface area contributed by atoms with Crippen LogP contribution in [0.2, 0.25) is 0 Å². The standard InChI is InChI=1S/C25H25N3O6S2/c1-3-32-22-7-5-4-6-21(22)28(36(30,31)20-11-9-19(35-2)10-12-20)16-25(29)27-26-15-18-8-13-23-24(14-18)34-17-33-23/h4-15H,3,16-17H2,1-2H3,(H,27,29)/b26-15-. The summed E-state index contributed by atoms with van der Waals surface area (Å²) < 4.78 is 44.6. The number of sulfonamides is 1. The van der Waals surface area contributed by atoms with E-state index in [1.165, 1.54) is 30.1 Å². The Bertz CT molecular complexity index is 1360. The Morgan fingerprint density at radius 3 is 2.61 bits per heavy atom. The first-order chi connectivity index (χ1) is 17.4. The molecule has 4 rings (SSSR count). The minimum Gasteiger partial charge on any atom is -0.492 e. The maximum atomic E-state index is 13.6. The Kier molecular flexibility index (Phi) is 8.01. The van der Waals surface area contributed by atoms with Crippen LogP contribution in [0.4, 0.5) is 5.69 Å². The molecule has 9 nitrogen and oxygen atoms in total. The molecule has 0 spiro atoms. The lowest BCUT2D eigenvalue weighted by atomic mass is 10.2. The van der Waals surface area contributed by atoms with Crippen molar-refractivity contribution in [2.75, 3.05) is 30.5 Å². The van der Waals surface area contributed by atoms with Crippen molar-refractivity contribution in [3.63, 3.8) is 0 Å². The highest BCUT2D eigenvalue weighted by atomic mass is 32.2. The van der Waals surface area contributed by atoms with E-state index in [-0.39, 0.29) is 17.4 Å². The van der Waals surface area contributed by atoms with Crippen LogP contribution < -0.4 is 23.9 Å². The van der Waals surface area contributed by atoms with Crippen LogP contribution in [0.5, 0.6) is 17.2 Å². The van der Waals surface area contributed by atoms with E-state index in [1.54, 1.807) is 61.5 Å². The number of thioether (sulfide) groups is 1. The van der Waals surface area contributed by atoms with E-state index in [0.29, 0.717) is 29.4 Å². The van der Waals surface area contributed by atoms with Crippen molar-refractivity contribution in [2.45, 2.75) is 16.7 Å². The number of benzene rings is 3. The first-order valence-electron chi connectivity index (χ1n) is 11.0. The summed E-state index contributed by atoms with van der Waals surface area (Å²) in [6, 6.07) is 18.4. The van der Waals surface area contributed by atoms with Gasteiger partial charge >= 0.3 is 0 Å². The molecule has 1 aliphatic heterocycles. The molecule has 11 heteroatoms. The van der Waals surface area contributed by atoms with Gasteiger partial charge in [0.2, 0.25) is 6.79 Å². The number of fused-ring (bicyclic) bond motifs is 1. The number of hydrazone groups is 1. The Hall–Kier alpha value is -3.70. The van der Waals surface area contributed by atoms with Gasteiger partial charge in [-0.3, -0.25) is 9.10 Å². The van der Waals surface area contributed by atoms with Crippen molar-refractivity contribution >= 4 is 39.6 Å². The zero-order chi connectivity index (χ0) is 25.5. The number of nitrogens with one attached hydrogen (secondary N) is 1. The number of anilines is 1. The zero-order valence-corrected chi connectivity index (χ0v) is 21.3. The molecule has 0 saturated carbocycles. The van der Waals surface area contributed by atoms with Gasteiger partial charge in [0.05, 0.1) is 23.4 Å². The molecule has 1 amide bonds. The van der Waals surface area contributed by atoms with Gasteiger partial charge in [-0.2, -0.15) is 5.10 Å². The molecule has 1 aliphatic rings. The van der Waals surface area contributed by atoms with Gasteiger partial charge in [0.25, 0.3) is 15.9 Å². The van der Waals surface area contributed by atoms with Crippen LogP contribution in [0.15, 0.2) is 81.6 Å².